The second kappa shape index (κ2) is 7.25. The van der Waals surface area contributed by atoms with Crippen LogP contribution in [0.15, 0.2) is 40.8 Å². The SMILES string of the molecule is CCOc1cc(OCC)cc(C(=O)Oc2ccc3nc(C)oc3c2)c1. The molecule has 0 amide bonds. The third-order valence-electron chi connectivity index (χ3n) is 3.42. The molecule has 0 fully saturated rings. The molecule has 0 bridgehead atoms. The van der Waals surface area contributed by atoms with Crippen molar-refractivity contribution in [3.05, 3.63) is 47.9 Å². The minimum Gasteiger partial charge on any atom is -0.494 e. The van der Waals surface area contributed by atoms with E-state index in [1.165, 1.54) is 0 Å². The zero-order valence-corrected chi connectivity index (χ0v) is 14.4. The zero-order chi connectivity index (χ0) is 17.8. The highest BCUT2D eigenvalue weighted by Crippen LogP contribution is 2.26. The van der Waals surface area contributed by atoms with Crippen molar-refractivity contribution in [3.63, 3.8) is 0 Å². The van der Waals surface area contributed by atoms with Crippen LogP contribution in [0, 0.1) is 6.92 Å². The number of hydrogen-bond donors (Lipinski definition) is 0. The van der Waals surface area contributed by atoms with Gasteiger partial charge in [-0.2, -0.15) is 0 Å². The minimum absolute atomic E-state index is 0.350. The van der Waals surface area contributed by atoms with E-state index in [9.17, 15) is 4.79 Å². The first-order valence-electron chi connectivity index (χ1n) is 8.09. The Morgan fingerprint density at radius 1 is 1.00 bits per heavy atom. The second-order valence-electron chi connectivity index (χ2n) is 5.31. The zero-order valence-electron chi connectivity index (χ0n) is 14.4. The lowest BCUT2D eigenvalue weighted by Gasteiger charge is -2.10. The van der Waals surface area contributed by atoms with Crippen LogP contribution in [0.25, 0.3) is 11.1 Å². The van der Waals surface area contributed by atoms with E-state index >= 15 is 0 Å². The lowest BCUT2D eigenvalue weighted by molar-refractivity contribution is 0.0734. The molecule has 0 N–H and O–H groups in total. The van der Waals surface area contributed by atoms with Crippen molar-refractivity contribution >= 4 is 17.1 Å². The van der Waals surface area contributed by atoms with Crippen LogP contribution in [0.5, 0.6) is 17.2 Å². The molecule has 0 spiro atoms. The van der Waals surface area contributed by atoms with E-state index in [4.69, 9.17) is 18.6 Å². The molecular formula is C19H19NO5. The van der Waals surface area contributed by atoms with Crippen LogP contribution in [0.4, 0.5) is 0 Å². The van der Waals surface area contributed by atoms with Crippen molar-refractivity contribution in [3.8, 4) is 17.2 Å². The van der Waals surface area contributed by atoms with Crippen LogP contribution in [0.2, 0.25) is 0 Å². The number of carbonyl (C=O) groups excluding carboxylic acids is 1. The second-order valence-corrected chi connectivity index (χ2v) is 5.31. The van der Waals surface area contributed by atoms with Crippen molar-refractivity contribution in [2.45, 2.75) is 20.8 Å². The van der Waals surface area contributed by atoms with Gasteiger partial charge in [0.15, 0.2) is 11.5 Å². The fourth-order valence-electron chi connectivity index (χ4n) is 2.44. The Morgan fingerprint density at radius 3 is 2.32 bits per heavy atom. The van der Waals surface area contributed by atoms with Crippen molar-refractivity contribution in [1.82, 2.24) is 4.98 Å². The molecule has 0 aliphatic carbocycles. The van der Waals surface area contributed by atoms with E-state index in [0.29, 0.717) is 53.0 Å². The van der Waals surface area contributed by atoms with Crippen molar-refractivity contribution in [2.75, 3.05) is 13.2 Å². The van der Waals surface area contributed by atoms with E-state index in [2.05, 4.69) is 4.98 Å². The highest BCUT2D eigenvalue weighted by atomic mass is 16.5. The van der Waals surface area contributed by atoms with Gasteiger partial charge in [0.2, 0.25) is 0 Å². The molecule has 0 saturated heterocycles. The number of oxazole rings is 1. The Balaban J connectivity index is 1.85. The van der Waals surface area contributed by atoms with E-state index in [0.717, 1.165) is 0 Å². The van der Waals surface area contributed by atoms with Gasteiger partial charge in [0.05, 0.1) is 18.8 Å². The highest BCUT2D eigenvalue weighted by Gasteiger charge is 2.14. The van der Waals surface area contributed by atoms with Gasteiger partial charge >= 0.3 is 5.97 Å². The average Bonchev–Trinajstić information content (AvgIpc) is 2.94. The molecule has 1 aromatic heterocycles. The van der Waals surface area contributed by atoms with Gasteiger partial charge in [-0.1, -0.05) is 0 Å². The van der Waals surface area contributed by atoms with Gasteiger partial charge in [0.1, 0.15) is 22.8 Å². The van der Waals surface area contributed by atoms with Crippen molar-refractivity contribution in [2.24, 2.45) is 0 Å². The summed E-state index contributed by atoms with van der Waals surface area (Å²) in [6, 6.07) is 10.1. The molecule has 3 rings (SSSR count). The molecule has 2 aromatic carbocycles. The summed E-state index contributed by atoms with van der Waals surface area (Å²) >= 11 is 0. The van der Waals surface area contributed by atoms with E-state index in [-0.39, 0.29) is 0 Å². The highest BCUT2D eigenvalue weighted by molar-refractivity contribution is 5.92. The van der Waals surface area contributed by atoms with Crippen LogP contribution in [-0.2, 0) is 0 Å². The van der Waals surface area contributed by atoms with Gasteiger partial charge in [0.25, 0.3) is 0 Å². The summed E-state index contributed by atoms with van der Waals surface area (Å²) in [5.74, 6) is 1.55. The number of carbonyl (C=O) groups is 1. The number of hydrogen-bond acceptors (Lipinski definition) is 6. The number of benzene rings is 2. The number of esters is 1. The Morgan fingerprint density at radius 2 is 1.68 bits per heavy atom. The molecule has 1 heterocycles. The Labute approximate surface area is 145 Å². The lowest BCUT2D eigenvalue weighted by Crippen LogP contribution is -2.09. The Hall–Kier alpha value is -3.02. The van der Waals surface area contributed by atoms with Gasteiger partial charge in [-0.05, 0) is 38.1 Å². The van der Waals surface area contributed by atoms with Crippen molar-refractivity contribution in [1.29, 1.82) is 0 Å². The van der Waals surface area contributed by atoms with E-state index < -0.39 is 5.97 Å². The van der Waals surface area contributed by atoms with Gasteiger partial charge in [-0.25, -0.2) is 9.78 Å². The number of nitrogens with zero attached hydrogens (tertiary/aromatic N) is 1. The summed E-state index contributed by atoms with van der Waals surface area (Å²) < 4.78 is 21.9. The molecule has 3 aromatic rings. The molecule has 0 radical (unpaired) electrons. The third kappa shape index (κ3) is 3.91. The number of ether oxygens (including phenoxy) is 3. The number of fused-ring (bicyclic) bond motifs is 1. The van der Waals surface area contributed by atoms with Crippen LogP contribution in [0.1, 0.15) is 30.1 Å². The molecule has 0 atom stereocenters. The first kappa shape index (κ1) is 16.8. The van der Waals surface area contributed by atoms with E-state index in [1.54, 1.807) is 43.3 Å². The van der Waals surface area contributed by atoms with Crippen LogP contribution >= 0.6 is 0 Å². The maximum absolute atomic E-state index is 12.5. The summed E-state index contributed by atoms with van der Waals surface area (Å²) in [6.07, 6.45) is 0. The smallest absolute Gasteiger partial charge is 0.343 e. The van der Waals surface area contributed by atoms with Crippen molar-refractivity contribution < 1.29 is 23.4 Å². The molecule has 0 aliphatic heterocycles. The largest absolute Gasteiger partial charge is 0.494 e. The number of rotatable bonds is 6. The third-order valence-corrected chi connectivity index (χ3v) is 3.42. The molecule has 0 saturated carbocycles. The predicted molar refractivity (Wildman–Crippen MR) is 92.5 cm³/mol. The normalized spacial score (nSPS) is 10.7. The number of aryl methyl sites for hydroxylation is 1. The summed E-state index contributed by atoms with van der Waals surface area (Å²) in [6.45, 7) is 6.50. The van der Waals surface area contributed by atoms with Gasteiger partial charge in [-0.3, -0.25) is 0 Å². The van der Waals surface area contributed by atoms with Gasteiger partial charge in [0, 0.05) is 19.1 Å². The maximum atomic E-state index is 12.5. The predicted octanol–water partition coefficient (Wildman–Crippen LogP) is 4.15. The van der Waals surface area contributed by atoms with Crippen LogP contribution in [0.3, 0.4) is 0 Å². The van der Waals surface area contributed by atoms with Gasteiger partial charge in [-0.15, -0.1) is 0 Å². The number of aromatic nitrogens is 1. The molecule has 6 heteroatoms. The standard InChI is InChI=1S/C19H19NO5/c1-4-22-15-8-13(9-16(10-15)23-5-2)19(21)25-14-6-7-17-18(11-14)24-12(3)20-17/h6-11H,4-5H2,1-3H3. The maximum Gasteiger partial charge on any atom is 0.343 e. The molecule has 25 heavy (non-hydrogen) atoms. The fraction of sp³-hybridized carbons (Fsp3) is 0.263. The fourth-order valence-corrected chi connectivity index (χ4v) is 2.44. The van der Waals surface area contributed by atoms with Crippen LogP contribution in [-0.4, -0.2) is 24.2 Å². The molecule has 130 valence electrons. The first-order chi connectivity index (χ1) is 12.1. The summed E-state index contributed by atoms with van der Waals surface area (Å²) in [7, 11) is 0. The quantitative estimate of drug-likeness (QED) is 0.495. The van der Waals surface area contributed by atoms with E-state index in [1.807, 2.05) is 13.8 Å². The monoisotopic (exact) mass is 341 g/mol. The molecule has 0 aliphatic rings. The van der Waals surface area contributed by atoms with Gasteiger partial charge < -0.3 is 18.6 Å². The summed E-state index contributed by atoms with van der Waals surface area (Å²) in [5, 5.41) is 0. The summed E-state index contributed by atoms with van der Waals surface area (Å²) in [5.41, 5.74) is 1.64. The molecular weight excluding hydrogens is 322 g/mol. The molecule has 0 unspecified atom stereocenters. The topological polar surface area (TPSA) is 70.8 Å². The summed E-state index contributed by atoms with van der Waals surface area (Å²) in [4.78, 5) is 16.7. The Bertz CT molecular complexity index is 876. The Kier molecular flexibility index (Phi) is 4.88. The minimum atomic E-state index is -0.502. The first-order valence-corrected chi connectivity index (χ1v) is 8.09. The van der Waals surface area contributed by atoms with Crippen LogP contribution < -0.4 is 14.2 Å². The average molecular weight is 341 g/mol. The lowest BCUT2D eigenvalue weighted by atomic mass is 10.2. The molecule has 6 nitrogen and oxygen atoms in total.